The van der Waals surface area contributed by atoms with Crippen molar-refractivity contribution < 1.29 is 14.3 Å². The summed E-state index contributed by atoms with van der Waals surface area (Å²) < 4.78 is 5.79. The van der Waals surface area contributed by atoms with Gasteiger partial charge in [0.2, 0.25) is 17.1 Å². The van der Waals surface area contributed by atoms with Gasteiger partial charge in [0.25, 0.3) is 0 Å². The van der Waals surface area contributed by atoms with E-state index in [1.54, 1.807) is 18.7 Å². The fourth-order valence-corrected chi connectivity index (χ4v) is 5.30. The van der Waals surface area contributed by atoms with E-state index in [1.165, 1.54) is 6.07 Å². The number of fused-ring (bicyclic) bond motifs is 1. The maximum atomic E-state index is 12.9. The van der Waals surface area contributed by atoms with Crippen LogP contribution in [0, 0.1) is 13.8 Å². The van der Waals surface area contributed by atoms with Crippen LogP contribution in [0.1, 0.15) is 42.2 Å². The number of aromatic amines is 1. The lowest BCUT2D eigenvalue weighted by atomic mass is 9.75. The van der Waals surface area contributed by atoms with Gasteiger partial charge in [0.1, 0.15) is 11.6 Å². The summed E-state index contributed by atoms with van der Waals surface area (Å²) in [6.45, 7) is 3.98. The molecule has 1 fully saturated rings. The van der Waals surface area contributed by atoms with Crippen molar-refractivity contribution >= 4 is 28.7 Å². The number of thioether (sulfide) groups is 1. The number of amides is 1. The molecule has 8 heteroatoms. The normalized spacial score (nSPS) is 15.9. The second-order valence-corrected chi connectivity index (χ2v) is 9.17. The Labute approximate surface area is 178 Å². The first-order chi connectivity index (χ1) is 14.4. The Balaban J connectivity index is 1.53. The molecule has 0 radical (unpaired) electrons. The number of H-pyrrole nitrogens is 1. The maximum Gasteiger partial charge on any atom is 0.227 e. The van der Waals surface area contributed by atoms with Crippen LogP contribution in [0.25, 0.3) is 11.0 Å². The van der Waals surface area contributed by atoms with Gasteiger partial charge in [0.05, 0.1) is 17.6 Å². The number of hydrogen-bond acceptors (Lipinski definition) is 6. The molecule has 1 aromatic carbocycles. The molecular weight excluding hydrogens is 402 g/mol. The third-order valence-electron chi connectivity index (χ3n) is 5.62. The largest absolute Gasteiger partial charge is 0.502 e. The fraction of sp³-hybridized carbons (Fsp3) is 0.409. The first-order valence-corrected chi connectivity index (χ1v) is 11.2. The second-order valence-electron chi connectivity index (χ2n) is 7.95. The molecule has 7 nitrogen and oxygen atoms in total. The number of carbonyl (C=O) groups excluding carboxylic acids is 1. The minimum absolute atomic E-state index is 0.146. The number of nitrogens with one attached hydrogen (secondary N) is 2. The van der Waals surface area contributed by atoms with Crippen LogP contribution in [0.4, 0.5) is 0 Å². The molecule has 0 aliphatic carbocycles. The molecule has 0 saturated carbocycles. The molecule has 1 aliphatic heterocycles. The molecule has 30 heavy (non-hydrogen) atoms. The molecule has 4 rings (SSSR count). The van der Waals surface area contributed by atoms with E-state index >= 15 is 0 Å². The van der Waals surface area contributed by atoms with Crippen LogP contribution < -0.4 is 10.7 Å². The summed E-state index contributed by atoms with van der Waals surface area (Å²) >= 11 is 1.80. The Bertz CT molecular complexity index is 1140. The minimum atomic E-state index is -0.685. The maximum absolute atomic E-state index is 12.9. The van der Waals surface area contributed by atoms with E-state index in [9.17, 15) is 14.7 Å². The lowest BCUT2D eigenvalue weighted by molar-refractivity contribution is -0.122. The molecule has 3 aromatic rings. The van der Waals surface area contributed by atoms with Gasteiger partial charge in [0.15, 0.2) is 5.76 Å². The first kappa shape index (κ1) is 20.5. The average Bonchev–Trinajstić information content (AvgIpc) is 3.12. The monoisotopic (exact) mass is 427 g/mol. The van der Waals surface area contributed by atoms with Crippen molar-refractivity contribution in [3.05, 3.63) is 57.4 Å². The topological polar surface area (TPSA) is 108 Å². The lowest BCUT2D eigenvalue weighted by Gasteiger charge is -2.35. The van der Waals surface area contributed by atoms with Crippen molar-refractivity contribution in [2.75, 3.05) is 11.5 Å². The number of hydrogen-bond donors (Lipinski definition) is 3. The van der Waals surface area contributed by atoms with E-state index in [1.807, 2.05) is 25.1 Å². The number of aromatic hydroxyl groups is 1. The molecule has 158 valence electrons. The SMILES string of the molecule is Cc1ccc2nc(CNC(=O)CC3(c4oc(C)cc(=O)c4O)CCSCC3)[nH]c2c1. The number of benzene rings is 1. The smallest absolute Gasteiger partial charge is 0.227 e. The molecule has 1 aliphatic rings. The number of aromatic nitrogens is 2. The van der Waals surface area contributed by atoms with E-state index < -0.39 is 10.8 Å². The van der Waals surface area contributed by atoms with Gasteiger partial charge in [-0.15, -0.1) is 0 Å². The van der Waals surface area contributed by atoms with Crippen molar-refractivity contribution in [2.45, 2.75) is 45.1 Å². The molecule has 2 aromatic heterocycles. The van der Waals surface area contributed by atoms with Crippen LogP contribution in [0.15, 0.2) is 33.5 Å². The molecule has 1 saturated heterocycles. The highest BCUT2D eigenvalue weighted by molar-refractivity contribution is 7.99. The van der Waals surface area contributed by atoms with Crippen LogP contribution in [-0.2, 0) is 16.8 Å². The molecule has 0 unspecified atom stereocenters. The van der Waals surface area contributed by atoms with Crippen molar-refractivity contribution in [1.29, 1.82) is 0 Å². The van der Waals surface area contributed by atoms with Gasteiger partial charge in [-0.3, -0.25) is 9.59 Å². The third kappa shape index (κ3) is 4.09. The Morgan fingerprint density at radius 1 is 1.30 bits per heavy atom. The number of carbonyl (C=O) groups is 1. The first-order valence-electron chi connectivity index (χ1n) is 10.0. The van der Waals surface area contributed by atoms with Gasteiger partial charge in [-0.1, -0.05) is 6.07 Å². The van der Waals surface area contributed by atoms with Crippen molar-refractivity contribution in [1.82, 2.24) is 15.3 Å². The van der Waals surface area contributed by atoms with Crippen LogP contribution >= 0.6 is 11.8 Å². The summed E-state index contributed by atoms with van der Waals surface area (Å²) in [5.41, 5.74) is 1.78. The van der Waals surface area contributed by atoms with Crippen molar-refractivity contribution in [3.63, 3.8) is 0 Å². The molecular formula is C22H25N3O4S. The van der Waals surface area contributed by atoms with Crippen LogP contribution in [0.5, 0.6) is 5.75 Å². The average molecular weight is 428 g/mol. The highest BCUT2D eigenvalue weighted by atomic mass is 32.2. The summed E-state index contributed by atoms with van der Waals surface area (Å²) in [6.07, 6.45) is 1.47. The van der Waals surface area contributed by atoms with Gasteiger partial charge in [-0.25, -0.2) is 4.98 Å². The molecule has 0 bridgehead atoms. The quantitative estimate of drug-likeness (QED) is 0.577. The minimum Gasteiger partial charge on any atom is -0.502 e. The number of rotatable bonds is 5. The van der Waals surface area contributed by atoms with Gasteiger partial charge < -0.3 is 19.8 Å². The number of imidazole rings is 1. The summed E-state index contributed by atoms with van der Waals surface area (Å²) in [7, 11) is 0. The summed E-state index contributed by atoms with van der Waals surface area (Å²) in [4.78, 5) is 32.7. The predicted molar refractivity (Wildman–Crippen MR) is 117 cm³/mol. The predicted octanol–water partition coefficient (Wildman–Crippen LogP) is 3.31. The second kappa shape index (κ2) is 8.18. The van der Waals surface area contributed by atoms with Gasteiger partial charge in [-0.05, 0) is 55.9 Å². The van der Waals surface area contributed by atoms with E-state index in [0.717, 1.165) is 28.1 Å². The highest BCUT2D eigenvalue weighted by Gasteiger charge is 2.41. The summed E-state index contributed by atoms with van der Waals surface area (Å²) in [5, 5.41) is 13.3. The molecule has 1 amide bonds. The lowest BCUT2D eigenvalue weighted by Crippen LogP contribution is -2.38. The van der Waals surface area contributed by atoms with E-state index in [0.29, 0.717) is 24.4 Å². The fourth-order valence-electron chi connectivity index (χ4n) is 4.02. The molecule has 3 N–H and O–H groups in total. The molecule has 0 atom stereocenters. The van der Waals surface area contributed by atoms with E-state index in [-0.39, 0.29) is 30.4 Å². The third-order valence-corrected chi connectivity index (χ3v) is 6.60. The number of nitrogens with zero attached hydrogens (tertiary/aromatic N) is 1. The Kier molecular flexibility index (Phi) is 5.60. The number of aryl methyl sites for hydroxylation is 2. The standard InChI is InChI=1S/C22H25N3O4S/c1-13-3-4-15-16(9-13)25-18(24-15)12-23-19(27)11-22(5-7-30-8-6-22)21-20(28)17(26)10-14(2)29-21/h3-4,9-10,28H,5-8,11-12H2,1-2H3,(H,23,27)(H,24,25). The van der Waals surface area contributed by atoms with E-state index in [4.69, 9.17) is 4.42 Å². The Morgan fingerprint density at radius 3 is 2.83 bits per heavy atom. The van der Waals surface area contributed by atoms with Crippen molar-refractivity contribution in [3.8, 4) is 5.75 Å². The van der Waals surface area contributed by atoms with Crippen LogP contribution in [0.3, 0.4) is 0 Å². The molecule has 3 heterocycles. The van der Waals surface area contributed by atoms with Crippen LogP contribution in [-0.4, -0.2) is 32.5 Å². The van der Waals surface area contributed by atoms with Crippen LogP contribution in [0.2, 0.25) is 0 Å². The zero-order valence-corrected chi connectivity index (χ0v) is 17.9. The van der Waals surface area contributed by atoms with Gasteiger partial charge in [-0.2, -0.15) is 11.8 Å². The summed E-state index contributed by atoms with van der Waals surface area (Å²) in [6, 6.07) is 7.24. The Morgan fingerprint density at radius 2 is 2.07 bits per heavy atom. The zero-order valence-electron chi connectivity index (χ0n) is 17.1. The zero-order chi connectivity index (χ0) is 21.3. The highest BCUT2D eigenvalue weighted by Crippen LogP contribution is 2.43. The van der Waals surface area contributed by atoms with Gasteiger partial charge in [0, 0.05) is 17.9 Å². The van der Waals surface area contributed by atoms with Gasteiger partial charge >= 0.3 is 0 Å². The molecule has 0 spiro atoms. The van der Waals surface area contributed by atoms with Crippen molar-refractivity contribution in [2.24, 2.45) is 0 Å². The summed E-state index contributed by atoms with van der Waals surface area (Å²) in [5.74, 6) is 2.49. The van der Waals surface area contributed by atoms with E-state index in [2.05, 4.69) is 15.3 Å². The Hall–Kier alpha value is -2.74.